The first-order valence-corrected chi connectivity index (χ1v) is 4.28. The summed E-state index contributed by atoms with van der Waals surface area (Å²) in [5.41, 5.74) is 2.17. The van der Waals surface area contributed by atoms with Crippen molar-refractivity contribution in [3.63, 3.8) is 0 Å². The Balaban J connectivity index is 2.55. The number of allylic oxidation sites excluding steroid dienone is 1. The zero-order chi connectivity index (χ0) is 9.14. The number of hydrogen-bond donors (Lipinski definition) is 1. The van der Waals surface area contributed by atoms with Crippen molar-refractivity contribution >= 4 is 0 Å². The van der Waals surface area contributed by atoms with Crippen molar-refractivity contribution in [2.75, 3.05) is 0 Å². The summed E-state index contributed by atoms with van der Waals surface area (Å²) >= 11 is 0. The lowest BCUT2D eigenvalue weighted by Crippen LogP contribution is -2.24. The minimum Gasteiger partial charge on any atom is -0.251 e. The van der Waals surface area contributed by atoms with E-state index in [-0.39, 0.29) is 6.10 Å². The molecule has 1 N–H and O–H groups in total. The molecule has 2 nitrogen and oxygen atoms in total. The summed E-state index contributed by atoms with van der Waals surface area (Å²) in [5.74, 6) is 0.479. The molecule has 1 rings (SSSR count). The van der Waals surface area contributed by atoms with E-state index in [0.717, 1.165) is 24.8 Å². The zero-order valence-corrected chi connectivity index (χ0v) is 7.55. The van der Waals surface area contributed by atoms with Gasteiger partial charge in [-0.1, -0.05) is 18.7 Å². The SMILES string of the molecule is C=C(C)[C@@H]1CCC(=C)[C@@H](OO)C1. The smallest absolute Gasteiger partial charge is 0.114 e. The van der Waals surface area contributed by atoms with Crippen molar-refractivity contribution in [2.24, 2.45) is 5.92 Å². The van der Waals surface area contributed by atoms with Crippen molar-refractivity contribution in [1.82, 2.24) is 0 Å². The molecule has 0 aromatic heterocycles. The largest absolute Gasteiger partial charge is 0.251 e. The predicted molar refractivity (Wildman–Crippen MR) is 48.8 cm³/mol. The molecule has 0 radical (unpaired) electrons. The van der Waals surface area contributed by atoms with Crippen LogP contribution in [0.5, 0.6) is 0 Å². The maximum Gasteiger partial charge on any atom is 0.114 e. The fourth-order valence-electron chi connectivity index (χ4n) is 1.63. The Hall–Kier alpha value is -0.600. The van der Waals surface area contributed by atoms with Gasteiger partial charge in [-0.15, -0.1) is 0 Å². The Morgan fingerprint density at radius 1 is 1.67 bits per heavy atom. The van der Waals surface area contributed by atoms with E-state index < -0.39 is 0 Å². The van der Waals surface area contributed by atoms with Crippen LogP contribution in [0.3, 0.4) is 0 Å². The van der Waals surface area contributed by atoms with Crippen molar-refractivity contribution in [2.45, 2.75) is 32.3 Å². The summed E-state index contributed by atoms with van der Waals surface area (Å²) < 4.78 is 0. The molecule has 0 spiro atoms. The monoisotopic (exact) mass is 168 g/mol. The average Bonchev–Trinajstić information content (AvgIpc) is 2.05. The van der Waals surface area contributed by atoms with E-state index in [1.165, 1.54) is 5.57 Å². The van der Waals surface area contributed by atoms with Gasteiger partial charge in [0.25, 0.3) is 0 Å². The lowest BCUT2D eigenvalue weighted by Gasteiger charge is -2.29. The van der Waals surface area contributed by atoms with Gasteiger partial charge >= 0.3 is 0 Å². The Kier molecular flexibility index (Phi) is 3.06. The molecule has 2 atom stereocenters. The molecule has 68 valence electrons. The Morgan fingerprint density at radius 3 is 2.83 bits per heavy atom. The highest BCUT2D eigenvalue weighted by Crippen LogP contribution is 2.32. The van der Waals surface area contributed by atoms with Gasteiger partial charge in [-0.2, -0.15) is 0 Å². The van der Waals surface area contributed by atoms with E-state index in [0.29, 0.717) is 5.92 Å². The van der Waals surface area contributed by atoms with E-state index in [1.54, 1.807) is 0 Å². The summed E-state index contributed by atoms with van der Waals surface area (Å²) in [6.07, 6.45) is 2.67. The second-order valence-corrected chi connectivity index (χ2v) is 3.57. The molecule has 0 saturated heterocycles. The molecule has 0 heterocycles. The van der Waals surface area contributed by atoms with Crippen LogP contribution < -0.4 is 0 Å². The Labute approximate surface area is 73.5 Å². The molecule has 0 bridgehead atoms. The molecular formula is C10H16O2. The van der Waals surface area contributed by atoms with Crippen LogP contribution in [0.4, 0.5) is 0 Å². The predicted octanol–water partition coefficient (Wildman–Crippen LogP) is 2.78. The minimum absolute atomic E-state index is 0.180. The highest BCUT2D eigenvalue weighted by atomic mass is 17.1. The van der Waals surface area contributed by atoms with E-state index in [2.05, 4.69) is 18.0 Å². The van der Waals surface area contributed by atoms with Gasteiger partial charge in [-0.3, -0.25) is 5.26 Å². The van der Waals surface area contributed by atoms with Gasteiger partial charge < -0.3 is 0 Å². The summed E-state index contributed by atoms with van der Waals surface area (Å²) in [6.45, 7) is 9.77. The molecule has 1 aliphatic carbocycles. The molecule has 0 amide bonds. The third kappa shape index (κ3) is 1.96. The molecule has 12 heavy (non-hydrogen) atoms. The maximum atomic E-state index is 8.57. The fraction of sp³-hybridized carbons (Fsp3) is 0.600. The van der Waals surface area contributed by atoms with Gasteiger partial charge in [0.2, 0.25) is 0 Å². The summed E-state index contributed by atoms with van der Waals surface area (Å²) in [5, 5.41) is 8.57. The van der Waals surface area contributed by atoms with Crippen LogP contribution in [-0.4, -0.2) is 11.4 Å². The van der Waals surface area contributed by atoms with Crippen LogP contribution in [-0.2, 0) is 4.89 Å². The van der Waals surface area contributed by atoms with Crippen LogP contribution in [0.2, 0.25) is 0 Å². The molecule has 1 saturated carbocycles. The van der Waals surface area contributed by atoms with Crippen molar-refractivity contribution in [3.8, 4) is 0 Å². The van der Waals surface area contributed by atoms with Crippen molar-refractivity contribution in [3.05, 3.63) is 24.3 Å². The normalized spacial score (nSPS) is 30.3. The molecule has 0 aromatic rings. The van der Waals surface area contributed by atoms with Crippen LogP contribution >= 0.6 is 0 Å². The second kappa shape index (κ2) is 3.87. The van der Waals surface area contributed by atoms with E-state index in [9.17, 15) is 0 Å². The van der Waals surface area contributed by atoms with E-state index in [1.807, 2.05) is 6.92 Å². The summed E-state index contributed by atoms with van der Waals surface area (Å²) in [6, 6.07) is 0. The first kappa shape index (κ1) is 9.49. The average molecular weight is 168 g/mol. The fourth-order valence-corrected chi connectivity index (χ4v) is 1.63. The number of rotatable bonds is 2. The third-order valence-electron chi connectivity index (χ3n) is 2.59. The Bertz CT molecular complexity index is 196. The zero-order valence-electron chi connectivity index (χ0n) is 7.55. The summed E-state index contributed by atoms with van der Waals surface area (Å²) in [4.78, 5) is 4.34. The van der Waals surface area contributed by atoms with Gasteiger partial charge in [0.1, 0.15) is 6.10 Å². The molecule has 0 aromatic carbocycles. The van der Waals surface area contributed by atoms with Gasteiger partial charge in [0.05, 0.1) is 0 Å². The van der Waals surface area contributed by atoms with Crippen LogP contribution in [0.1, 0.15) is 26.2 Å². The quantitative estimate of drug-likeness (QED) is 0.390. The first-order valence-electron chi connectivity index (χ1n) is 4.28. The van der Waals surface area contributed by atoms with Crippen molar-refractivity contribution in [1.29, 1.82) is 0 Å². The minimum atomic E-state index is -0.180. The first-order chi connectivity index (χ1) is 5.65. The molecule has 2 heteroatoms. The Morgan fingerprint density at radius 2 is 2.33 bits per heavy atom. The highest BCUT2D eigenvalue weighted by molar-refractivity contribution is 5.11. The second-order valence-electron chi connectivity index (χ2n) is 3.57. The molecular weight excluding hydrogens is 152 g/mol. The van der Waals surface area contributed by atoms with Gasteiger partial charge in [0, 0.05) is 0 Å². The van der Waals surface area contributed by atoms with Gasteiger partial charge in [-0.25, -0.2) is 4.89 Å². The van der Waals surface area contributed by atoms with Crippen LogP contribution in [0, 0.1) is 5.92 Å². The van der Waals surface area contributed by atoms with Gasteiger partial charge in [-0.05, 0) is 37.7 Å². The lowest BCUT2D eigenvalue weighted by atomic mass is 9.81. The topological polar surface area (TPSA) is 29.5 Å². The van der Waals surface area contributed by atoms with Crippen LogP contribution in [0.25, 0.3) is 0 Å². The molecule has 0 aliphatic heterocycles. The van der Waals surface area contributed by atoms with Crippen LogP contribution in [0.15, 0.2) is 24.3 Å². The van der Waals surface area contributed by atoms with E-state index in [4.69, 9.17) is 5.26 Å². The molecule has 0 unspecified atom stereocenters. The summed E-state index contributed by atoms with van der Waals surface area (Å²) in [7, 11) is 0. The van der Waals surface area contributed by atoms with Crippen molar-refractivity contribution < 1.29 is 10.1 Å². The van der Waals surface area contributed by atoms with E-state index >= 15 is 0 Å². The standard InChI is InChI=1S/C10H16O2/c1-7(2)9-5-4-8(3)10(6-9)12-11/h9-11H,1,3-6H2,2H3/t9-,10+/m1/s1. The third-order valence-corrected chi connectivity index (χ3v) is 2.59. The molecule has 1 fully saturated rings. The maximum absolute atomic E-state index is 8.57. The lowest BCUT2D eigenvalue weighted by molar-refractivity contribution is -0.273. The van der Waals surface area contributed by atoms with Gasteiger partial charge in [0.15, 0.2) is 0 Å². The molecule has 1 aliphatic rings. The number of hydrogen-bond acceptors (Lipinski definition) is 2. The highest BCUT2D eigenvalue weighted by Gasteiger charge is 2.25.